The summed E-state index contributed by atoms with van der Waals surface area (Å²) in [4.78, 5) is 15.2. The number of benzene rings is 3. The average molecular weight is 358 g/mol. The van der Waals surface area contributed by atoms with Gasteiger partial charge in [-0.15, -0.1) is 0 Å². The van der Waals surface area contributed by atoms with Crippen LogP contribution in [0.3, 0.4) is 0 Å². The minimum atomic E-state index is -0.312. The predicted molar refractivity (Wildman–Crippen MR) is 103 cm³/mol. The van der Waals surface area contributed by atoms with Crippen LogP contribution >= 0.6 is 0 Å². The van der Waals surface area contributed by atoms with Gasteiger partial charge in [0.05, 0.1) is 11.3 Å². The van der Waals surface area contributed by atoms with E-state index < -0.39 is 0 Å². The topological polar surface area (TPSA) is 50.8 Å². The van der Waals surface area contributed by atoms with Gasteiger partial charge in [0.2, 0.25) is 6.79 Å². The van der Waals surface area contributed by atoms with Crippen molar-refractivity contribution >= 4 is 17.3 Å². The first-order chi connectivity index (χ1) is 13.2. The molecule has 27 heavy (non-hydrogen) atoms. The van der Waals surface area contributed by atoms with E-state index >= 15 is 0 Å². The molecule has 3 aromatic rings. The van der Waals surface area contributed by atoms with Crippen LogP contribution in [0.15, 0.2) is 66.7 Å². The molecule has 0 aromatic heterocycles. The Kier molecular flexibility index (Phi) is 3.53. The highest BCUT2D eigenvalue weighted by Crippen LogP contribution is 2.41. The number of carbonyl (C=O) groups excluding carboxylic acids is 1. The first kappa shape index (κ1) is 15.8. The number of carbonyl (C=O) groups is 1. The lowest BCUT2D eigenvalue weighted by atomic mass is 10.0. The van der Waals surface area contributed by atoms with Crippen LogP contribution in [-0.2, 0) is 0 Å². The molecule has 5 rings (SSSR count). The summed E-state index contributed by atoms with van der Waals surface area (Å²) in [6, 6.07) is 21.4. The van der Waals surface area contributed by atoms with Gasteiger partial charge in [0.25, 0.3) is 5.91 Å². The average Bonchev–Trinajstić information content (AvgIpc) is 3.16. The molecule has 0 radical (unpaired) electrons. The Balaban J connectivity index is 1.66. The van der Waals surface area contributed by atoms with Crippen molar-refractivity contribution in [2.24, 2.45) is 0 Å². The van der Waals surface area contributed by atoms with Crippen LogP contribution in [0.4, 0.5) is 11.4 Å². The SMILES string of the molecule is Cc1cccc([C@H]2Nc3ccccc3C(=O)N2c2ccc3c(c2)OCO3)c1. The van der Waals surface area contributed by atoms with Crippen LogP contribution in [0, 0.1) is 6.92 Å². The Morgan fingerprint density at radius 3 is 2.70 bits per heavy atom. The number of anilines is 2. The number of nitrogens with one attached hydrogen (secondary N) is 1. The number of rotatable bonds is 2. The van der Waals surface area contributed by atoms with E-state index in [9.17, 15) is 4.79 Å². The van der Waals surface area contributed by atoms with E-state index in [2.05, 4.69) is 11.4 Å². The molecular formula is C22H18N2O3. The molecule has 1 atom stereocenters. The van der Waals surface area contributed by atoms with E-state index in [0.717, 1.165) is 22.5 Å². The number of nitrogens with zero attached hydrogens (tertiary/aromatic N) is 1. The molecule has 0 unspecified atom stereocenters. The standard InChI is InChI=1S/C22H18N2O3/c1-14-5-4-6-15(11-14)21-23-18-8-3-2-7-17(18)22(25)24(21)16-9-10-19-20(12-16)27-13-26-19/h2-12,21,23H,13H2,1H3/t21-/m0/s1. The van der Waals surface area contributed by atoms with Gasteiger partial charge in [-0.05, 0) is 36.8 Å². The molecule has 134 valence electrons. The van der Waals surface area contributed by atoms with Gasteiger partial charge in [-0.2, -0.15) is 0 Å². The Bertz CT molecular complexity index is 1050. The van der Waals surface area contributed by atoms with Gasteiger partial charge < -0.3 is 14.8 Å². The Hall–Kier alpha value is -3.47. The lowest BCUT2D eigenvalue weighted by Gasteiger charge is -2.38. The number of hydrogen-bond donors (Lipinski definition) is 1. The maximum Gasteiger partial charge on any atom is 0.262 e. The van der Waals surface area contributed by atoms with E-state index in [1.807, 2.05) is 67.6 Å². The molecule has 0 aliphatic carbocycles. The number of fused-ring (bicyclic) bond motifs is 2. The smallest absolute Gasteiger partial charge is 0.262 e. The number of amides is 1. The fourth-order valence-corrected chi connectivity index (χ4v) is 3.63. The minimum Gasteiger partial charge on any atom is -0.454 e. The third kappa shape index (κ3) is 2.59. The zero-order valence-corrected chi connectivity index (χ0v) is 14.8. The fourth-order valence-electron chi connectivity index (χ4n) is 3.63. The Morgan fingerprint density at radius 2 is 1.81 bits per heavy atom. The van der Waals surface area contributed by atoms with E-state index in [0.29, 0.717) is 17.1 Å². The van der Waals surface area contributed by atoms with E-state index in [4.69, 9.17) is 9.47 Å². The number of ether oxygens (including phenoxy) is 2. The lowest BCUT2D eigenvalue weighted by Crippen LogP contribution is -2.43. The number of aryl methyl sites for hydroxylation is 1. The zero-order chi connectivity index (χ0) is 18.4. The molecule has 0 fully saturated rings. The van der Waals surface area contributed by atoms with Gasteiger partial charge >= 0.3 is 0 Å². The molecule has 5 heteroatoms. The van der Waals surface area contributed by atoms with Crippen LogP contribution < -0.4 is 19.7 Å². The van der Waals surface area contributed by atoms with Crippen LogP contribution in [-0.4, -0.2) is 12.7 Å². The van der Waals surface area contributed by atoms with Gasteiger partial charge in [0, 0.05) is 11.8 Å². The van der Waals surface area contributed by atoms with Gasteiger partial charge in [-0.3, -0.25) is 9.69 Å². The molecule has 0 spiro atoms. The van der Waals surface area contributed by atoms with Crippen molar-refractivity contribution in [1.29, 1.82) is 0 Å². The summed E-state index contributed by atoms with van der Waals surface area (Å²) in [7, 11) is 0. The molecule has 2 heterocycles. The van der Waals surface area contributed by atoms with Crippen molar-refractivity contribution in [1.82, 2.24) is 0 Å². The van der Waals surface area contributed by atoms with Crippen LogP contribution in [0.25, 0.3) is 0 Å². The molecule has 0 bridgehead atoms. The molecule has 3 aromatic carbocycles. The summed E-state index contributed by atoms with van der Waals surface area (Å²) in [5.74, 6) is 1.31. The van der Waals surface area contributed by atoms with E-state index in [-0.39, 0.29) is 18.9 Å². The number of hydrogen-bond acceptors (Lipinski definition) is 4. The second-order valence-electron chi connectivity index (χ2n) is 6.72. The normalized spacial score (nSPS) is 17.4. The molecule has 1 N–H and O–H groups in total. The highest BCUT2D eigenvalue weighted by Gasteiger charge is 2.34. The summed E-state index contributed by atoms with van der Waals surface area (Å²) in [5.41, 5.74) is 4.42. The second kappa shape index (κ2) is 6.06. The predicted octanol–water partition coefficient (Wildman–Crippen LogP) is 4.49. The largest absolute Gasteiger partial charge is 0.454 e. The van der Waals surface area contributed by atoms with Crippen molar-refractivity contribution in [3.8, 4) is 11.5 Å². The molecule has 0 saturated heterocycles. The van der Waals surface area contributed by atoms with E-state index in [1.165, 1.54) is 0 Å². The molecular weight excluding hydrogens is 340 g/mol. The molecule has 2 aliphatic heterocycles. The van der Waals surface area contributed by atoms with Gasteiger partial charge in [-0.25, -0.2) is 0 Å². The summed E-state index contributed by atoms with van der Waals surface area (Å²) >= 11 is 0. The summed E-state index contributed by atoms with van der Waals surface area (Å²) in [6.45, 7) is 2.25. The van der Waals surface area contributed by atoms with Gasteiger partial charge in [-0.1, -0.05) is 42.0 Å². The summed E-state index contributed by atoms with van der Waals surface area (Å²) < 4.78 is 10.9. The van der Waals surface area contributed by atoms with Gasteiger partial charge in [0.1, 0.15) is 6.17 Å². The van der Waals surface area contributed by atoms with E-state index in [1.54, 1.807) is 4.90 Å². The first-order valence-electron chi connectivity index (χ1n) is 8.86. The maximum atomic E-state index is 13.4. The lowest BCUT2D eigenvalue weighted by molar-refractivity contribution is 0.0975. The second-order valence-corrected chi connectivity index (χ2v) is 6.72. The van der Waals surface area contributed by atoms with Crippen molar-refractivity contribution in [2.45, 2.75) is 13.1 Å². The highest BCUT2D eigenvalue weighted by molar-refractivity contribution is 6.12. The van der Waals surface area contributed by atoms with Crippen molar-refractivity contribution < 1.29 is 14.3 Å². The summed E-state index contributed by atoms with van der Waals surface area (Å²) in [5, 5.41) is 3.52. The third-order valence-electron chi connectivity index (χ3n) is 4.92. The summed E-state index contributed by atoms with van der Waals surface area (Å²) in [6.07, 6.45) is -0.312. The first-order valence-corrected chi connectivity index (χ1v) is 8.86. The van der Waals surface area contributed by atoms with Crippen molar-refractivity contribution in [3.05, 3.63) is 83.4 Å². The fraction of sp³-hybridized carbons (Fsp3) is 0.136. The minimum absolute atomic E-state index is 0.0466. The van der Waals surface area contributed by atoms with Crippen LogP contribution in [0.5, 0.6) is 11.5 Å². The van der Waals surface area contributed by atoms with Crippen molar-refractivity contribution in [2.75, 3.05) is 17.0 Å². The van der Waals surface area contributed by atoms with Crippen LogP contribution in [0.2, 0.25) is 0 Å². The van der Waals surface area contributed by atoms with Crippen LogP contribution in [0.1, 0.15) is 27.7 Å². The Morgan fingerprint density at radius 1 is 0.963 bits per heavy atom. The Labute approximate surface area is 157 Å². The molecule has 0 saturated carbocycles. The molecule has 5 nitrogen and oxygen atoms in total. The van der Waals surface area contributed by atoms with Crippen molar-refractivity contribution in [3.63, 3.8) is 0 Å². The highest BCUT2D eigenvalue weighted by atomic mass is 16.7. The zero-order valence-electron chi connectivity index (χ0n) is 14.8. The quantitative estimate of drug-likeness (QED) is 0.733. The maximum absolute atomic E-state index is 13.4. The van der Waals surface area contributed by atoms with Gasteiger partial charge in [0.15, 0.2) is 11.5 Å². The molecule has 2 aliphatic rings. The molecule has 1 amide bonds. The third-order valence-corrected chi connectivity index (χ3v) is 4.92. The monoisotopic (exact) mass is 358 g/mol. The number of para-hydroxylation sites is 1.